The van der Waals surface area contributed by atoms with Crippen molar-refractivity contribution in [3.63, 3.8) is 0 Å². The number of nitrogens with zero attached hydrogens (tertiary/aromatic N) is 2. The Bertz CT molecular complexity index is 501. The Morgan fingerprint density at radius 1 is 1.41 bits per heavy atom. The smallest absolute Gasteiger partial charge is 0.188 e. The molecular weight excluding hydrogens is 394 g/mol. The second kappa shape index (κ2) is 9.29. The van der Waals surface area contributed by atoms with Gasteiger partial charge >= 0.3 is 0 Å². The van der Waals surface area contributed by atoms with Crippen LogP contribution < -0.4 is 11.1 Å². The first-order valence-corrected chi connectivity index (χ1v) is 7.50. The highest BCUT2D eigenvalue weighted by Gasteiger charge is 2.16. The monoisotopic (exact) mass is 420 g/mol. The molecule has 1 saturated carbocycles. The lowest BCUT2D eigenvalue weighted by Gasteiger charge is -2.25. The van der Waals surface area contributed by atoms with E-state index in [2.05, 4.69) is 10.3 Å². The van der Waals surface area contributed by atoms with Crippen molar-refractivity contribution in [3.05, 3.63) is 35.1 Å². The van der Waals surface area contributed by atoms with Crippen LogP contribution in [0.1, 0.15) is 30.4 Å². The van der Waals surface area contributed by atoms with E-state index in [1.807, 2.05) is 31.1 Å². The first-order valence-electron chi connectivity index (χ1n) is 7.50. The number of aliphatic imine (C=N–C) groups is 1. The van der Waals surface area contributed by atoms with Crippen LogP contribution >= 0.6 is 24.0 Å². The Kier molecular flexibility index (Phi) is 8.09. The molecule has 1 aromatic rings. The third-order valence-electron chi connectivity index (χ3n) is 3.83. The van der Waals surface area contributed by atoms with Gasteiger partial charge in [0, 0.05) is 18.7 Å². The maximum Gasteiger partial charge on any atom is 0.188 e. The van der Waals surface area contributed by atoms with Crippen LogP contribution in [0.4, 0.5) is 4.39 Å². The van der Waals surface area contributed by atoms with Gasteiger partial charge < -0.3 is 16.0 Å². The summed E-state index contributed by atoms with van der Waals surface area (Å²) in [5.41, 5.74) is 7.36. The fourth-order valence-electron chi connectivity index (χ4n) is 2.34. The van der Waals surface area contributed by atoms with Gasteiger partial charge in [0.1, 0.15) is 5.82 Å². The summed E-state index contributed by atoms with van der Waals surface area (Å²) in [7, 11) is 3.85. The highest BCUT2D eigenvalue weighted by Crippen LogP contribution is 2.25. The molecule has 0 amide bonds. The number of guanidine groups is 1. The highest BCUT2D eigenvalue weighted by molar-refractivity contribution is 14.0. The lowest BCUT2D eigenvalue weighted by molar-refractivity contribution is 0.315. The van der Waals surface area contributed by atoms with Crippen molar-refractivity contribution in [1.82, 2.24) is 10.2 Å². The van der Waals surface area contributed by atoms with Crippen molar-refractivity contribution in [1.29, 1.82) is 0 Å². The van der Waals surface area contributed by atoms with E-state index in [1.54, 1.807) is 6.07 Å². The molecule has 1 aromatic carbocycles. The molecule has 1 fully saturated rings. The second-order valence-corrected chi connectivity index (χ2v) is 6.04. The molecule has 0 unspecified atom stereocenters. The average Bonchev–Trinajstić information content (AvgIpc) is 2.37. The van der Waals surface area contributed by atoms with Crippen molar-refractivity contribution in [2.24, 2.45) is 16.6 Å². The fourth-order valence-corrected chi connectivity index (χ4v) is 2.34. The largest absolute Gasteiger partial charge is 0.370 e. The topological polar surface area (TPSA) is 53.6 Å². The zero-order chi connectivity index (χ0) is 15.2. The number of hydrogen-bond acceptors (Lipinski definition) is 2. The summed E-state index contributed by atoms with van der Waals surface area (Å²) >= 11 is 0. The van der Waals surface area contributed by atoms with E-state index < -0.39 is 0 Å². The van der Waals surface area contributed by atoms with E-state index in [1.165, 1.54) is 19.3 Å². The van der Waals surface area contributed by atoms with Gasteiger partial charge in [-0.1, -0.05) is 18.6 Å². The summed E-state index contributed by atoms with van der Waals surface area (Å²) < 4.78 is 13.9. The Morgan fingerprint density at radius 2 is 2.14 bits per heavy atom. The Morgan fingerprint density at radius 3 is 2.68 bits per heavy atom. The van der Waals surface area contributed by atoms with Gasteiger partial charge in [-0.3, -0.25) is 0 Å². The number of nitrogens with one attached hydrogen (secondary N) is 1. The average molecular weight is 420 g/mol. The molecule has 4 nitrogen and oxygen atoms in total. The molecule has 0 radical (unpaired) electrons. The van der Waals surface area contributed by atoms with E-state index >= 15 is 0 Å². The van der Waals surface area contributed by atoms with Gasteiger partial charge in [0.25, 0.3) is 0 Å². The van der Waals surface area contributed by atoms with Gasteiger partial charge in [0.15, 0.2) is 5.96 Å². The normalized spacial score (nSPS) is 15.4. The zero-order valence-electron chi connectivity index (χ0n) is 13.3. The van der Waals surface area contributed by atoms with Crippen molar-refractivity contribution in [2.45, 2.75) is 32.4 Å². The predicted molar refractivity (Wildman–Crippen MR) is 99.9 cm³/mol. The number of benzene rings is 1. The van der Waals surface area contributed by atoms with Crippen LogP contribution in [0.15, 0.2) is 23.2 Å². The maximum atomic E-state index is 13.9. The lowest BCUT2D eigenvalue weighted by atomic mass is 9.85. The van der Waals surface area contributed by atoms with Crippen LogP contribution in [0.25, 0.3) is 0 Å². The lowest BCUT2D eigenvalue weighted by Crippen LogP contribution is -2.37. The minimum atomic E-state index is -0.183. The van der Waals surface area contributed by atoms with E-state index in [4.69, 9.17) is 5.73 Å². The van der Waals surface area contributed by atoms with Crippen molar-refractivity contribution in [3.8, 4) is 0 Å². The van der Waals surface area contributed by atoms with Crippen LogP contribution in [0, 0.1) is 11.7 Å². The standard InChI is InChI=1S/C16H25FN4.HI/c1-21(2)11-14-7-6-13(8-15(14)17)10-20-16(18)19-9-12-4-3-5-12;/h6-8,12H,3-5,9-11H2,1-2H3,(H3,18,19,20);1H. The Balaban J connectivity index is 0.00000242. The van der Waals surface area contributed by atoms with Gasteiger partial charge in [-0.05, 0) is 44.5 Å². The molecule has 0 atom stereocenters. The molecule has 0 spiro atoms. The van der Waals surface area contributed by atoms with E-state index in [0.717, 1.165) is 18.0 Å². The maximum absolute atomic E-state index is 13.9. The summed E-state index contributed by atoms with van der Waals surface area (Å²) in [4.78, 5) is 6.21. The van der Waals surface area contributed by atoms with Gasteiger partial charge in [-0.15, -0.1) is 24.0 Å². The van der Waals surface area contributed by atoms with Crippen LogP contribution in [-0.4, -0.2) is 31.5 Å². The zero-order valence-corrected chi connectivity index (χ0v) is 15.6. The molecule has 0 aromatic heterocycles. The number of halogens is 2. The summed E-state index contributed by atoms with van der Waals surface area (Å²) in [6, 6.07) is 5.27. The van der Waals surface area contributed by atoms with E-state index in [9.17, 15) is 4.39 Å². The number of hydrogen-bond donors (Lipinski definition) is 2. The molecule has 0 aliphatic heterocycles. The Labute approximate surface area is 149 Å². The van der Waals surface area contributed by atoms with Crippen molar-refractivity contribution in [2.75, 3.05) is 20.6 Å². The Hall–Kier alpha value is -0.890. The summed E-state index contributed by atoms with van der Waals surface area (Å²) in [5, 5.41) is 3.13. The van der Waals surface area contributed by atoms with Crippen molar-refractivity contribution >= 4 is 29.9 Å². The van der Waals surface area contributed by atoms with E-state index in [-0.39, 0.29) is 29.8 Å². The summed E-state index contributed by atoms with van der Waals surface area (Å²) in [6.07, 6.45) is 3.87. The molecule has 3 N–H and O–H groups in total. The quantitative estimate of drug-likeness (QED) is 0.423. The van der Waals surface area contributed by atoms with Crippen LogP contribution in [0.5, 0.6) is 0 Å². The van der Waals surface area contributed by atoms with Gasteiger partial charge in [-0.25, -0.2) is 9.38 Å². The highest BCUT2D eigenvalue weighted by atomic mass is 127. The van der Waals surface area contributed by atoms with Gasteiger partial charge in [-0.2, -0.15) is 0 Å². The van der Waals surface area contributed by atoms with Gasteiger partial charge in [0.2, 0.25) is 0 Å². The third kappa shape index (κ3) is 6.08. The molecule has 0 heterocycles. The van der Waals surface area contributed by atoms with Crippen LogP contribution in [-0.2, 0) is 13.1 Å². The predicted octanol–water partition coefficient (Wildman–Crippen LogP) is 2.71. The SMILES string of the molecule is CN(C)Cc1ccc(CN=C(N)NCC2CCC2)cc1F.I. The molecule has 1 aliphatic carbocycles. The van der Waals surface area contributed by atoms with E-state index in [0.29, 0.717) is 24.6 Å². The minimum Gasteiger partial charge on any atom is -0.370 e. The number of nitrogens with two attached hydrogens (primary N) is 1. The summed E-state index contributed by atoms with van der Waals surface area (Å²) in [5.74, 6) is 0.999. The molecular formula is C16H26FIN4. The molecule has 6 heteroatoms. The third-order valence-corrected chi connectivity index (χ3v) is 3.83. The molecule has 22 heavy (non-hydrogen) atoms. The molecule has 124 valence electrons. The van der Waals surface area contributed by atoms with Crippen molar-refractivity contribution < 1.29 is 4.39 Å². The fraction of sp³-hybridized carbons (Fsp3) is 0.562. The summed E-state index contributed by atoms with van der Waals surface area (Å²) in [6.45, 7) is 1.90. The molecule has 1 aliphatic rings. The number of rotatable bonds is 6. The second-order valence-electron chi connectivity index (χ2n) is 6.04. The molecule has 0 bridgehead atoms. The minimum absolute atomic E-state index is 0. The van der Waals surface area contributed by atoms with Crippen LogP contribution in [0.2, 0.25) is 0 Å². The molecule has 0 saturated heterocycles. The van der Waals surface area contributed by atoms with Crippen LogP contribution in [0.3, 0.4) is 0 Å². The first-order chi connectivity index (χ1) is 10.0. The molecule has 2 rings (SSSR count). The van der Waals surface area contributed by atoms with Gasteiger partial charge in [0.05, 0.1) is 6.54 Å². The first kappa shape index (κ1) is 19.2.